The Labute approximate surface area is 186 Å². The first-order valence-electron chi connectivity index (χ1n) is 9.24. The number of benzene rings is 1. The van der Waals surface area contributed by atoms with Gasteiger partial charge in [0, 0.05) is 35.5 Å². The highest BCUT2D eigenvalue weighted by Crippen LogP contribution is 2.29. The van der Waals surface area contributed by atoms with Crippen LogP contribution in [0.15, 0.2) is 39.7 Å². The monoisotopic (exact) mass is 461 g/mol. The van der Waals surface area contributed by atoms with Crippen molar-refractivity contribution >= 4 is 39.7 Å². The van der Waals surface area contributed by atoms with Gasteiger partial charge in [0.1, 0.15) is 5.75 Å². The Kier molecular flexibility index (Phi) is 5.86. The van der Waals surface area contributed by atoms with E-state index < -0.39 is 0 Å². The maximum atomic E-state index is 12.1. The van der Waals surface area contributed by atoms with Crippen molar-refractivity contribution in [2.75, 3.05) is 0 Å². The first-order valence-corrected chi connectivity index (χ1v) is 11.5. The number of aromatic nitrogens is 5. The van der Waals surface area contributed by atoms with Gasteiger partial charge in [-0.05, 0) is 44.0 Å². The summed E-state index contributed by atoms with van der Waals surface area (Å²) < 4.78 is 9.53. The normalized spacial score (nSPS) is 12.4. The summed E-state index contributed by atoms with van der Waals surface area (Å²) in [6.07, 6.45) is 1.44. The number of nitrogens with zero attached hydrogens (tertiary/aromatic N) is 5. The molecule has 3 heterocycles. The maximum absolute atomic E-state index is 12.1. The number of rotatable bonds is 6. The smallest absolute Gasteiger partial charge is 0.258 e. The van der Waals surface area contributed by atoms with Gasteiger partial charge in [0.15, 0.2) is 22.0 Å². The zero-order valence-electron chi connectivity index (χ0n) is 16.9. The lowest BCUT2D eigenvalue weighted by Crippen LogP contribution is -2.12. The van der Waals surface area contributed by atoms with E-state index in [2.05, 4.69) is 15.2 Å². The SMILES string of the molecule is Cc1cc(OC(C)c2nnc(SCc3cc(=O)n4ccsc4n3)n2C)cc(C)c1Cl. The van der Waals surface area contributed by atoms with Crippen molar-refractivity contribution in [3.63, 3.8) is 0 Å². The summed E-state index contributed by atoms with van der Waals surface area (Å²) in [5.41, 5.74) is 2.58. The molecule has 0 aliphatic carbocycles. The molecular formula is C20H20ClN5O2S2. The number of hydrogen-bond donors (Lipinski definition) is 0. The van der Waals surface area contributed by atoms with Gasteiger partial charge in [0.2, 0.25) is 0 Å². The molecule has 7 nitrogen and oxygen atoms in total. The molecule has 1 unspecified atom stereocenters. The van der Waals surface area contributed by atoms with Crippen LogP contribution in [0.5, 0.6) is 5.75 Å². The second-order valence-electron chi connectivity index (χ2n) is 6.96. The van der Waals surface area contributed by atoms with Crippen molar-refractivity contribution in [2.45, 2.75) is 37.8 Å². The van der Waals surface area contributed by atoms with E-state index >= 15 is 0 Å². The molecule has 0 fully saturated rings. The fraction of sp³-hybridized carbons (Fsp3) is 0.300. The highest BCUT2D eigenvalue weighted by molar-refractivity contribution is 7.98. The van der Waals surface area contributed by atoms with Crippen molar-refractivity contribution in [3.8, 4) is 5.75 Å². The summed E-state index contributed by atoms with van der Waals surface area (Å²) in [7, 11) is 1.90. The van der Waals surface area contributed by atoms with Crippen LogP contribution in [-0.4, -0.2) is 24.1 Å². The Balaban J connectivity index is 1.48. The minimum absolute atomic E-state index is 0.0777. The van der Waals surface area contributed by atoms with Crippen LogP contribution in [0.25, 0.3) is 4.96 Å². The van der Waals surface area contributed by atoms with Gasteiger partial charge in [-0.25, -0.2) is 4.98 Å². The Morgan fingerprint density at radius 2 is 1.97 bits per heavy atom. The zero-order chi connectivity index (χ0) is 21.4. The van der Waals surface area contributed by atoms with Crippen molar-refractivity contribution in [1.82, 2.24) is 24.1 Å². The molecule has 1 aromatic carbocycles. The summed E-state index contributed by atoms with van der Waals surface area (Å²) >= 11 is 9.16. The molecule has 0 aliphatic rings. The number of aryl methyl sites for hydroxylation is 2. The molecule has 30 heavy (non-hydrogen) atoms. The number of thioether (sulfide) groups is 1. The van der Waals surface area contributed by atoms with Crippen LogP contribution in [0.1, 0.15) is 35.7 Å². The quantitative estimate of drug-likeness (QED) is 0.391. The lowest BCUT2D eigenvalue weighted by atomic mass is 10.1. The maximum Gasteiger partial charge on any atom is 0.258 e. The third-order valence-electron chi connectivity index (χ3n) is 4.66. The molecule has 4 rings (SSSR count). The number of ether oxygens (including phenoxy) is 1. The standard InChI is InChI=1S/C20H20ClN5O2S2/c1-11-7-15(8-12(2)17(11)21)28-13(3)18-23-24-20(25(18)4)30-10-14-9-16(27)26-5-6-29-19(26)22-14/h5-9,13H,10H2,1-4H3. The van der Waals surface area contributed by atoms with Gasteiger partial charge < -0.3 is 9.30 Å². The molecule has 0 N–H and O–H groups in total. The molecule has 0 saturated carbocycles. The fourth-order valence-corrected chi connectivity index (χ4v) is 4.80. The van der Waals surface area contributed by atoms with Gasteiger partial charge in [0.25, 0.3) is 5.56 Å². The van der Waals surface area contributed by atoms with E-state index in [4.69, 9.17) is 16.3 Å². The molecule has 156 valence electrons. The van der Waals surface area contributed by atoms with Crippen LogP contribution < -0.4 is 10.3 Å². The lowest BCUT2D eigenvalue weighted by Gasteiger charge is -2.16. The fourth-order valence-electron chi connectivity index (χ4n) is 3.14. The van der Waals surface area contributed by atoms with Gasteiger partial charge >= 0.3 is 0 Å². The van der Waals surface area contributed by atoms with Crippen LogP contribution in [0.3, 0.4) is 0 Å². The highest BCUT2D eigenvalue weighted by Gasteiger charge is 2.18. The number of hydrogen-bond acceptors (Lipinski definition) is 7. The zero-order valence-corrected chi connectivity index (χ0v) is 19.3. The predicted molar refractivity (Wildman–Crippen MR) is 120 cm³/mol. The molecule has 1 atom stereocenters. The van der Waals surface area contributed by atoms with Gasteiger partial charge in [-0.1, -0.05) is 23.4 Å². The first kappa shape index (κ1) is 20.9. The Morgan fingerprint density at radius 3 is 2.70 bits per heavy atom. The Bertz CT molecular complexity index is 1260. The molecule has 10 heteroatoms. The molecule has 0 amide bonds. The summed E-state index contributed by atoms with van der Waals surface area (Å²) in [5.74, 6) is 1.98. The van der Waals surface area contributed by atoms with Gasteiger partial charge in [-0.3, -0.25) is 9.20 Å². The lowest BCUT2D eigenvalue weighted by molar-refractivity contribution is 0.211. The third kappa shape index (κ3) is 4.10. The second-order valence-corrected chi connectivity index (χ2v) is 9.15. The molecule has 0 saturated heterocycles. The number of fused-ring (bicyclic) bond motifs is 1. The van der Waals surface area contributed by atoms with Crippen LogP contribution in [0.2, 0.25) is 5.02 Å². The summed E-state index contributed by atoms with van der Waals surface area (Å²) in [6, 6.07) is 5.40. The van der Waals surface area contributed by atoms with Crippen molar-refractivity contribution in [3.05, 3.63) is 67.8 Å². The third-order valence-corrected chi connectivity index (χ3v) is 7.07. The van der Waals surface area contributed by atoms with Crippen LogP contribution in [-0.2, 0) is 12.8 Å². The topological polar surface area (TPSA) is 74.3 Å². The average molecular weight is 462 g/mol. The van der Waals surface area contributed by atoms with E-state index in [1.54, 1.807) is 16.7 Å². The minimum Gasteiger partial charge on any atom is -0.483 e. The molecular weight excluding hydrogens is 442 g/mol. The Morgan fingerprint density at radius 1 is 1.23 bits per heavy atom. The van der Waals surface area contributed by atoms with E-state index in [1.807, 2.05) is 49.9 Å². The second kappa shape index (κ2) is 8.41. The summed E-state index contributed by atoms with van der Waals surface area (Å²) in [4.78, 5) is 17.4. The van der Waals surface area contributed by atoms with E-state index in [1.165, 1.54) is 23.1 Å². The highest BCUT2D eigenvalue weighted by atomic mass is 35.5. The average Bonchev–Trinajstić information content (AvgIpc) is 3.31. The minimum atomic E-state index is -0.290. The largest absolute Gasteiger partial charge is 0.483 e. The number of thiazole rings is 1. The Hall–Kier alpha value is -2.36. The van der Waals surface area contributed by atoms with Crippen molar-refractivity contribution in [2.24, 2.45) is 7.05 Å². The van der Waals surface area contributed by atoms with E-state index in [0.717, 1.165) is 27.1 Å². The first-order chi connectivity index (χ1) is 14.3. The van der Waals surface area contributed by atoms with E-state index in [9.17, 15) is 4.79 Å². The van der Waals surface area contributed by atoms with E-state index in [-0.39, 0.29) is 11.7 Å². The van der Waals surface area contributed by atoms with Crippen molar-refractivity contribution < 1.29 is 4.74 Å². The van der Waals surface area contributed by atoms with Gasteiger partial charge in [-0.15, -0.1) is 21.5 Å². The van der Waals surface area contributed by atoms with E-state index in [0.29, 0.717) is 22.2 Å². The number of halogens is 1. The molecule has 0 aliphatic heterocycles. The predicted octanol–water partition coefficient (Wildman–Crippen LogP) is 4.59. The molecule has 3 aromatic heterocycles. The van der Waals surface area contributed by atoms with Crippen LogP contribution >= 0.6 is 34.7 Å². The molecule has 4 aromatic rings. The molecule has 0 radical (unpaired) electrons. The summed E-state index contributed by atoms with van der Waals surface area (Å²) in [6.45, 7) is 5.85. The van der Waals surface area contributed by atoms with Gasteiger partial charge in [-0.2, -0.15) is 0 Å². The summed E-state index contributed by atoms with van der Waals surface area (Å²) in [5, 5.41) is 11.9. The molecule has 0 spiro atoms. The van der Waals surface area contributed by atoms with Gasteiger partial charge in [0.05, 0.1) is 5.69 Å². The molecule has 0 bridgehead atoms. The van der Waals surface area contributed by atoms with Crippen molar-refractivity contribution in [1.29, 1.82) is 0 Å². The van der Waals surface area contributed by atoms with Crippen LogP contribution in [0, 0.1) is 13.8 Å². The van der Waals surface area contributed by atoms with Crippen LogP contribution in [0.4, 0.5) is 0 Å².